The molecule has 0 radical (unpaired) electrons. The normalized spacial score (nSPS) is 12.2. The Bertz CT molecular complexity index is 1020. The fourth-order valence-electron chi connectivity index (χ4n) is 3.34. The van der Waals surface area contributed by atoms with Crippen LogP contribution in [0.2, 0.25) is 0 Å². The number of hydrogen-bond donors (Lipinski definition) is 5. The molecule has 12 nitrogen and oxygen atoms in total. The smallest absolute Gasteiger partial charge is 0.404 e. The van der Waals surface area contributed by atoms with Crippen LogP contribution in [-0.4, -0.2) is 75.3 Å². The minimum absolute atomic E-state index is 0.0363. The molecular formula is C24H36N6O6. The molecule has 0 aliphatic carbocycles. The van der Waals surface area contributed by atoms with Crippen LogP contribution in [0.5, 0.6) is 0 Å². The van der Waals surface area contributed by atoms with E-state index in [0.29, 0.717) is 11.6 Å². The third-order valence-corrected chi connectivity index (χ3v) is 5.06. The third-order valence-electron chi connectivity index (χ3n) is 5.06. The number of aromatic nitrogens is 2. The number of hydrogen-bond acceptors (Lipinski definition) is 8. The van der Waals surface area contributed by atoms with E-state index < -0.39 is 29.4 Å². The number of rotatable bonds is 12. The maximum atomic E-state index is 13.9. The Morgan fingerprint density at radius 1 is 1.19 bits per heavy atom. The quantitative estimate of drug-likeness (QED) is 0.289. The molecule has 5 N–H and O–H groups in total. The molecule has 36 heavy (non-hydrogen) atoms. The molecule has 0 unspecified atom stereocenters. The molecule has 0 aliphatic rings. The van der Waals surface area contributed by atoms with Gasteiger partial charge in [0.25, 0.3) is 5.91 Å². The van der Waals surface area contributed by atoms with E-state index in [-0.39, 0.29) is 50.1 Å². The molecule has 0 aromatic carbocycles. The van der Waals surface area contributed by atoms with Crippen molar-refractivity contribution in [3.8, 4) is 0 Å². The van der Waals surface area contributed by atoms with Crippen molar-refractivity contribution >= 4 is 23.7 Å². The molecule has 0 saturated carbocycles. The molecule has 12 heteroatoms. The number of aliphatic hydroxyl groups excluding tert-OH is 1. The minimum Gasteiger partial charge on any atom is -0.467 e. The van der Waals surface area contributed by atoms with Crippen LogP contribution in [0, 0.1) is 5.92 Å². The molecule has 3 amide bonds. The van der Waals surface area contributed by atoms with Crippen LogP contribution in [0.25, 0.3) is 0 Å². The predicted octanol–water partition coefficient (Wildman–Crippen LogP) is 1.82. The van der Waals surface area contributed by atoms with E-state index in [0.717, 1.165) is 0 Å². The van der Waals surface area contributed by atoms with E-state index in [9.17, 15) is 14.4 Å². The van der Waals surface area contributed by atoms with Gasteiger partial charge in [0, 0.05) is 24.7 Å². The Labute approximate surface area is 210 Å². The fraction of sp³-hybridized carbons (Fsp3) is 0.542. The maximum Gasteiger partial charge on any atom is 0.404 e. The number of carboxylic acid groups (broad SMARTS) is 1. The third kappa shape index (κ3) is 8.22. The Morgan fingerprint density at radius 2 is 1.92 bits per heavy atom. The first-order valence-electron chi connectivity index (χ1n) is 11.7. The summed E-state index contributed by atoms with van der Waals surface area (Å²) in [5.74, 6) is 0.245. The van der Waals surface area contributed by atoms with Crippen LogP contribution in [-0.2, 0) is 16.8 Å². The molecule has 1 atom stereocenters. The summed E-state index contributed by atoms with van der Waals surface area (Å²) in [6.07, 6.45) is 1.63. The summed E-state index contributed by atoms with van der Waals surface area (Å²) in [5, 5.41) is 26.1. The summed E-state index contributed by atoms with van der Waals surface area (Å²) < 4.78 is 5.38. The zero-order chi connectivity index (χ0) is 26.9. The summed E-state index contributed by atoms with van der Waals surface area (Å²) in [7, 11) is 0. The highest BCUT2D eigenvalue weighted by Gasteiger charge is 2.33. The van der Waals surface area contributed by atoms with Crippen molar-refractivity contribution in [2.24, 2.45) is 5.92 Å². The van der Waals surface area contributed by atoms with Crippen LogP contribution < -0.4 is 16.0 Å². The monoisotopic (exact) mass is 504 g/mol. The van der Waals surface area contributed by atoms with E-state index >= 15 is 0 Å². The summed E-state index contributed by atoms with van der Waals surface area (Å²) in [6, 6.07) is 2.37. The Balaban J connectivity index is 2.50. The Hall–Kier alpha value is -3.67. The van der Waals surface area contributed by atoms with Crippen LogP contribution in [0.15, 0.2) is 29.0 Å². The summed E-state index contributed by atoms with van der Waals surface area (Å²) in [4.78, 5) is 48.3. The number of aliphatic hydroxyl groups is 1. The average Bonchev–Trinajstić information content (AvgIpc) is 3.32. The van der Waals surface area contributed by atoms with Crippen LogP contribution in [0.4, 0.5) is 10.6 Å². The molecule has 0 spiro atoms. The van der Waals surface area contributed by atoms with Crippen molar-refractivity contribution < 1.29 is 29.0 Å². The summed E-state index contributed by atoms with van der Waals surface area (Å²) >= 11 is 0. The number of furan rings is 1. The van der Waals surface area contributed by atoms with Gasteiger partial charge in [-0.05, 0) is 18.1 Å². The van der Waals surface area contributed by atoms with Gasteiger partial charge >= 0.3 is 6.09 Å². The summed E-state index contributed by atoms with van der Waals surface area (Å²) in [6.45, 7) is 9.36. The highest BCUT2D eigenvalue weighted by molar-refractivity contribution is 6.01. The molecule has 198 valence electrons. The lowest BCUT2D eigenvalue weighted by Crippen LogP contribution is -2.56. The van der Waals surface area contributed by atoms with Gasteiger partial charge in [0.15, 0.2) is 0 Å². The summed E-state index contributed by atoms with van der Waals surface area (Å²) in [5.41, 5.74) is -0.260. The number of nitrogens with zero attached hydrogens (tertiary/aromatic N) is 3. The van der Waals surface area contributed by atoms with Crippen LogP contribution in [0.1, 0.15) is 56.6 Å². The molecule has 0 saturated heterocycles. The Kier molecular flexibility index (Phi) is 10.2. The molecule has 2 rings (SSSR count). The van der Waals surface area contributed by atoms with Crippen LogP contribution >= 0.6 is 0 Å². The predicted molar refractivity (Wildman–Crippen MR) is 133 cm³/mol. The molecular weight excluding hydrogens is 468 g/mol. The van der Waals surface area contributed by atoms with Gasteiger partial charge in [-0.25, -0.2) is 14.8 Å². The average molecular weight is 505 g/mol. The van der Waals surface area contributed by atoms with Gasteiger partial charge in [0.05, 0.1) is 26.0 Å². The van der Waals surface area contributed by atoms with E-state index in [2.05, 4.69) is 25.9 Å². The SMILES string of the molecule is CC(C)CN(C(=O)c1cnc(C(C)(C)C)nc1NCc1ccco1)[C@@H](CNC(=O)O)C(=O)NCCO. The van der Waals surface area contributed by atoms with Crippen molar-refractivity contribution in [1.29, 1.82) is 0 Å². The highest BCUT2D eigenvalue weighted by Crippen LogP contribution is 2.24. The van der Waals surface area contributed by atoms with Gasteiger partial charge < -0.3 is 35.5 Å². The molecule has 2 heterocycles. The topological polar surface area (TPSA) is 170 Å². The van der Waals surface area contributed by atoms with E-state index in [1.165, 1.54) is 11.1 Å². The number of amides is 3. The number of carbonyl (C=O) groups is 3. The van der Waals surface area contributed by atoms with Crippen molar-refractivity contribution in [3.05, 3.63) is 41.7 Å². The molecule has 0 aliphatic heterocycles. The molecule has 2 aromatic heterocycles. The fourth-order valence-corrected chi connectivity index (χ4v) is 3.34. The van der Waals surface area contributed by atoms with Gasteiger partial charge in [-0.1, -0.05) is 34.6 Å². The molecule has 0 bridgehead atoms. The lowest BCUT2D eigenvalue weighted by atomic mass is 9.95. The van der Waals surface area contributed by atoms with Crippen molar-refractivity contribution in [1.82, 2.24) is 25.5 Å². The zero-order valence-corrected chi connectivity index (χ0v) is 21.4. The lowest BCUT2D eigenvalue weighted by molar-refractivity contribution is -0.125. The lowest BCUT2D eigenvalue weighted by Gasteiger charge is -2.32. The second-order valence-electron chi connectivity index (χ2n) is 9.71. The van der Waals surface area contributed by atoms with Gasteiger partial charge in [-0.15, -0.1) is 0 Å². The number of nitrogens with one attached hydrogen (secondary N) is 3. The number of carbonyl (C=O) groups excluding carboxylic acids is 2. The van der Waals surface area contributed by atoms with Gasteiger partial charge in [-0.3, -0.25) is 9.59 Å². The van der Waals surface area contributed by atoms with Crippen molar-refractivity contribution in [2.45, 2.75) is 52.6 Å². The van der Waals surface area contributed by atoms with Gasteiger partial charge in [0.2, 0.25) is 5.91 Å². The first kappa shape index (κ1) is 28.6. The molecule has 0 fully saturated rings. The highest BCUT2D eigenvalue weighted by atomic mass is 16.4. The minimum atomic E-state index is -1.33. The first-order chi connectivity index (χ1) is 16.9. The van der Waals surface area contributed by atoms with Gasteiger partial charge in [-0.2, -0.15) is 0 Å². The van der Waals surface area contributed by atoms with Crippen LogP contribution in [0.3, 0.4) is 0 Å². The zero-order valence-electron chi connectivity index (χ0n) is 21.4. The second kappa shape index (κ2) is 12.9. The van der Waals surface area contributed by atoms with E-state index in [1.807, 2.05) is 34.6 Å². The van der Waals surface area contributed by atoms with E-state index in [4.69, 9.17) is 14.6 Å². The Morgan fingerprint density at radius 3 is 2.47 bits per heavy atom. The van der Waals surface area contributed by atoms with E-state index in [1.54, 1.807) is 18.4 Å². The van der Waals surface area contributed by atoms with Gasteiger partial charge in [0.1, 0.15) is 29.0 Å². The van der Waals surface area contributed by atoms with Crippen molar-refractivity contribution in [2.75, 3.05) is 31.6 Å². The first-order valence-corrected chi connectivity index (χ1v) is 11.7. The molecule has 2 aromatic rings. The standard InChI is InChI=1S/C24H36N6O6/c1-15(2)14-30(18(13-28-23(34)35)20(32)25-8-9-31)21(33)17-12-27-22(24(3,4)5)29-19(17)26-11-16-7-6-10-36-16/h6-7,10,12,15,18,28,31H,8-9,11,13-14H2,1-5H3,(H,25,32)(H,34,35)(H,26,27,29)/t18-/m0/s1. The van der Waals surface area contributed by atoms with Crippen molar-refractivity contribution in [3.63, 3.8) is 0 Å². The number of anilines is 1. The second-order valence-corrected chi connectivity index (χ2v) is 9.71. The largest absolute Gasteiger partial charge is 0.467 e. The maximum absolute atomic E-state index is 13.9.